The maximum absolute atomic E-state index is 9.28. The van der Waals surface area contributed by atoms with Gasteiger partial charge in [0.1, 0.15) is 0 Å². The number of nitrogens with two attached hydrogens (primary N) is 1. The van der Waals surface area contributed by atoms with E-state index < -0.39 is 5.79 Å². The summed E-state index contributed by atoms with van der Waals surface area (Å²) in [5.74, 6) is -0.545. The summed E-state index contributed by atoms with van der Waals surface area (Å²) in [6.45, 7) is 8.12. The van der Waals surface area contributed by atoms with Gasteiger partial charge in [-0.3, -0.25) is 0 Å². The van der Waals surface area contributed by atoms with Gasteiger partial charge in [-0.1, -0.05) is 13.8 Å². The minimum Gasteiger partial charge on any atom is -0.478 e. The summed E-state index contributed by atoms with van der Waals surface area (Å²) < 4.78 is 10.5. The fraction of sp³-hybridized carbons (Fsp3) is 0.615. The number of nitrogens with zero attached hydrogens (tertiary/aromatic N) is 1. The zero-order valence-corrected chi connectivity index (χ0v) is 11.6. The molecular formula is C13H24N2O3. The van der Waals surface area contributed by atoms with Crippen molar-refractivity contribution in [3.05, 3.63) is 18.3 Å². The van der Waals surface area contributed by atoms with E-state index in [1.165, 1.54) is 0 Å². The van der Waals surface area contributed by atoms with E-state index in [-0.39, 0.29) is 0 Å². The van der Waals surface area contributed by atoms with Crippen molar-refractivity contribution in [2.45, 2.75) is 39.9 Å². The van der Waals surface area contributed by atoms with E-state index in [1.807, 2.05) is 13.8 Å². The van der Waals surface area contributed by atoms with E-state index >= 15 is 0 Å². The summed E-state index contributed by atoms with van der Waals surface area (Å²) in [5.41, 5.74) is 6.09. The third-order valence-corrected chi connectivity index (χ3v) is 1.75. The van der Waals surface area contributed by atoms with Crippen LogP contribution in [0.15, 0.2) is 18.3 Å². The molecule has 1 aromatic heterocycles. The van der Waals surface area contributed by atoms with E-state index in [0.717, 1.165) is 0 Å². The Bertz CT molecular complexity index is 307. The van der Waals surface area contributed by atoms with E-state index in [2.05, 4.69) is 4.98 Å². The molecule has 0 atom stereocenters. The van der Waals surface area contributed by atoms with Gasteiger partial charge in [0, 0.05) is 12.5 Å². The summed E-state index contributed by atoms with van der Waals surface area (Å²) in [6.07, 6.45) is 2.23. The highest BCUT2D eigenvalue weighted by molar-refractivity contribution is 5.35. The number of anilines is 1. The van der Waals surface area contributed by atoms with Crippen LogP contribution in [0, 0.1) is 0 Å². The number of nitrogen functional groups attached to an aromatic ring is 1. The first-order chi connectivity index (χ1) is 8.47. The van der Waals surface area contributed by atoms with Gasteiger partial charge in [-0.25, -0.2) is 4.98 Å². The van der Waals surface area contributed by atoms with Crippen LogP contribution < -0.4 is 10.5 Å². The first-order valence-electron chi connectivity index (χ1n) is 6.18. The minimum atomic E-state index is -1.08. The Labute approximate surface area is 109 Å². The average Bonchev–Trinajstić information content (AvgIpc) is 2.32. The zero-order valence-electron chi connectivity index (χ0n) is 11.6. The Hall–Kier alpha value is -1.33. The maximum Gasteiger partial charge on any atom is 0.213 e. The van der Waals surface area contributed by atoms with Gasteiger partial charge in [-0.05, 0) is 19.9 Å². The van der Waals surface area contributed by atoms with Crippen LogP contribution in [0.3, 0.4) is 0 Å². The molecule has 5 heteroatoms. The largest absolute Gasteiger partial charge is 0.478 e. The first-order valence-corrected chi connectivity index (χ1v) is 6.18. The second-order valence-corrected chi connectivity index (χ2v) is 3.93. The lowest BCUT2D eigenvalue weighted by molar-refractivity contribution is -0.176. The lowest BCUT2D eigenvalue weighted by Gasteiger charge is -2.17. The number of aliphatic hydroxyl groups is 1. The summed E-state index contributed by atoms with van der Waals surface area (Å²) in [7, 11) is 0. The van der Waals surface area contributed by atoms with Gasteiger partial charge in [0.25, 0.3) is 0 Å². The molecule has 1 aromatic rings. The predicted octanol–water partition coefficient (Wildman–Crippen LogP) is 2.20. The van der Waals surface area contributed by atoms with Crippen molar-refractivity contribution in [3.8, 4) is 5.88 Å². The molecular weight excluding hydrogens is 232 g/mol. The van der Waals surface area contributed by atoms with Crippen molar-refractivity contribution < 1.29 is 14.6 Å². The number of hydrogen-bond acceptors (Lipinski definition) is 5. The average molecular weight is 256 g/mol. The molecule has 1 heterocycles. The van der Waals surface area contributed by atoms with Crippen molar-refractivity contribution in [2.24, 2.45) is 0 Å². The van der Waals surface area contributed by atoms with Crippen molar-refractivity contribution in [3.63, 3.8) is 0 Å². The number of hydrogen-bond donors (Lipinski definition) is 2. The fourth-order valence-corrected chi connectivity index (χ4v) is 1.03. The summed E-state index contributed by atoms with van der Waals surface area (Å²) in [5, 5.41) is 9.28. The second-order valence-electron chi connectivity index (χ2n) is 3.93. The number of aromatic nitrogens is 1. The highest BCUT2D eigenvalue weighted by Gasteiger charge is 2.11. The monoisotopic (exact) mass is 256 g/mol. The standard InChI is InChI=1S/C11H18N2O3.C2H6/c1-11(2,14)16-7-3-6-15-10-5-4-9(12)8-13-10;1-2/h4-5,8,14H,3,6-7,12H2,1-2H3;1-2H3. The SMILES string of the molecule is CC.CC(C)(O)OCCCOc1ccc(N)cn1. The van der Waals surface area contributed by atoms with Gasteiger partial charge >= 0.3 is 0 Å². The van der Waals surface area contributed by atoms with Crippen molar-refractivity contribution >= 4 is 5.69 Å². The van der Waals surface area contributed by atoms with Gasteiger partial charge in [0.05, 0.1) is 25.1 Å². The van der Waals surface area contributed by atoms with Crippen LogP contribution in [-0.4, -0.2) is 29.1 Å². The van der Waals surface area contributed by atoms with Crippen molar-refractivity contribution in [1.29, 1.82) is 0 Å². The first kappa shape index (κ1) is 16.7. The molecule has 0 bridgehead atoms. The lowest BCUT2D eigenvalue weighted by atomic mass is 10.4. The molecule has 18 heavy (non-hydrogen) atoms. The Kier molecular flexibility index (Phi) is 8.07. The molecule has 3 N–H and O–H groups in total. The molecule has 0 aliphatic heterocycles. The van der Waals surface area contributed by atoms with Crippen molar-refractivity contribution in [1.82, 2.24) is 4.98 Å². The molecule has 0 aliphatic carbocycles. The highest BCUT2D eigenvalue weighted by Crippen LogP contribution is 2.09. The molecule has 0 unspecified atom stereocenters. The van der Waals surface area contributed by atoms with Crippen LogP contribution in [0.1, 0.15) is 34.1 Å². The van der Waals surface area contributed by atoms with Gasteiger partial charge in [0.2, 0.25) is 5.88 Å². The predicted molar refractivity (Wildman–Crippen MR) is 72.4 cm³/mol. The molecule has 104 valence electrons. The lowest BCUT2D eigenvalue weighted by Crippen LogP contribution is -2.24. The summed E-state index contributed by atoms with van der Waals surface area (Å²) in [4.78, 5) is 3.99. The Morgan fingerprint density at radius 3 is 2.44 bits per heavy atom. The zero-order chi connectivity index (χ0) is 14.0. The molecule has 0 aliphatic rings. The topological polar surface area (TPSA) is 77.6 Å². The number of rotatable bonds is 6. The maximum atomic E-state index is 9.28. The molecule has 0 aromatic carbocycles. The Morgan fingerprint density at radius 2 is 1.94 bits per heavy atom. The molecule has 0 fully saturated rings. The van der Waals surface area contributed by atoms with E-state index in [4.69, 9.17) is 15.2 Å². The van der Waals surface area contributed by atoms with Gasteiger partial charge in [0.15, 0.2) is 5.79 Å². The molecule has 1 rings (SSSR count). The van der Waals surface area contributed by atoms with Crippen LogP contribution in [0.2, 0.25) is 0 Å². The van der Waals surface area contributed by atoms with Crippen LogP contribution in [0.4, 0.5) is 5.69 Å². The van der Waals surface area contributed by atoms with Gasteiger partial charge in [-0.15, -0.1) is 0 Å². The molecule has 5 nitrogen and oxygen atoms in total. The van der Waals surface area contributed by atoms with E-state index in [1.54, 1.807) is 32.2 Å². The molecule has 0 radical (unpaired) electrons. The van der Waals surface area contributed by atoms with Gasteiger partial charge < -0.3 is 20.3 Å². The minimum absolute atomic E-state index is 0.443. The van der Waals surface area contributed by atoms with Crippen LogP contribution in [0.5, 0.6) is 5.88 Å². The summed E-state index contributed by atoms with van der Waals surface area (Å²) >= 11 is 0. The van der Waals surface area contributed by atoms with Crippen molar-refractivity contribution in [2.75, 3.05) is 18.9 Å². The highest BCUT2D eigenvalue weighted by atomic mass is 16.6. The summed E-state index contributed by atoms with van der Waals surface area (Å²) in [6, 6.07) is 3.45. The van der Waals surface area contributed by atoms with E-state index in [0.29, 0.717) is 31.2 Å². The third-order valence-electron chi connectivity index (χ3n) is 1.75. The molecule has 0 saturated heterocycles. The quantitative estimate of drug-likeness (QED) is 0.602. The Balaban J connectivity index is 0.00000137. The van der Waals surface area contributed by atoms with Crippen LogP contribution in [-0.2, 0) is 4.74 Å². The molecule has 0 spiro atoms. The third kappa shape index (κ3) is 8.78. The second kappa shape index (κ2) is 8.72. The molecule has 0 saturated carbocycles. The van der Waals surface area contributed by atoms with Crippen LogP contribution in [0.25, 0.3) is 0 Å². The molecule has 0 amide bonds. The number of pyridine rings is 1. The Morgan fingerprint density at radius 1 is 1.28 bits per heavy atom. The normalized spacial score (nSPS) is 10.5. The van der Waals surface area contributed by atoms with Crippen LogP contribution >= 0.6 is 0 Å². The fourth-order valence-electron chi connectivity index (χ4n) is 1.03. The smallest absolute Gasteiger partial charge is 0.213 e. The number of ether oxygens (including phenoxy) is 2. The van der Waals surface area contributed by atoms with E-state index in [9.17, 15) is 5.11 Å². The van der Waals surface area contributed by atoms with Gasteiger partial charge in [-0.2, -0.15) is 0 Å².